The van der Waals surface area contributed by atoms with Crippen LogP contribution in [0.1, 0.15) is 12.8 Å². The van der Waals surface area contributed by atoms with Gasteiger partial charge in [-0.15, -0.1) is 0 Å². The van der Waals surface area contributed by atoms with Crippen LogP contribution in [-0.4, -0.2) is 34.1 Å². The lowest BCUT2D eigenvalue weighted by molar-refractivity contribution is 0.498. The van der Waals surface area contributed by atoms with E-state index in [-0.39, 0.29) is 11.9 Å². The van der Waals surface area contributed by atoms with Gasteiger partial charge >= 0.3 is 0 Å². The van der Waals surface area contributed by atoms with Crippen molar-refractivity contribution in [3.63, 3.8) is 0 Å². The van der Waals surface area contributed by atoms with Gasteiger partial charge in [-0.2, -0.15) is 0 Å². The number of rotatable bonds is 3. The molecule has 1 fully saturated rings. The van der Waals surface area contributed by atoms with Gasteiger partial charge in [0.1, 0.15) is 17.3 Å². The largest absolute Gasteiger partial charge is 0.355 e. The Morgan fingerprint density at radius 3 is 2.48 bits per heavy atom. The molecule has 138 valence electrons. The molecule has 2 N–H and O–H groups in total. The van der Waals surface area contributed by atoms with Crippen LogP contribution in [0.5, 0.6) is 0 Å². The van der Waals surface area contributed by atoms with Crippen LogP contribution in [0.3, 0.4) is 0 Å². The summed E-state index contributed by atoms with van der Waals surface area (Å²) in [5.74, 6) is 0.493. The van der Waals surface area contributed by atoms with Gasteiger partial charge in [-0.1, -0.05) is 11.6 Å². The minimum atomic E-state index is -0.295. The molecule has 1 aromatic carbocycles. The molecule has 1 aliphatic heterocycles. The number of pyridine rings is 1. The first-order valence-corrected chi connectivity index (χ1v) is 9.23. The molecule has 7 heteroatoms. The van der Waals surface area contributed by atoms with Crippen molar-refractivity contribution in [3.05, 3.63) is 59.8 Å². The van der Waals surface area contributed by atoms with Gasteiger partial charge in [0, 0.05) is 42.7 Å². The van der Waals surface area contributed by atoms with Crippen molar-refractivity contribution in [2.45, 2.75) is 18.9 Å². The summed E-state index contributed by atoms with van der Waals surface area (Å²) in [5, 5.41) is 0.493. The molecule has 0 amide bonds. The van der Waals surface area contributed by atoms with Crippen LogP contribution in [-0.2, 0) is 0 Å². The number of halogens is 2. The number of hydrogen-bond donors (Lipinski definition) is 1. The Bertz CT molecular complexity index is 939. The molecule has 0 unspecified atom stereocenters. The van der Waals surface area contributed by atoms with Crippen LogP contribution in [0.4, 0.5) is 10.2 Å². The maximum atomic E-state index is 13.3. The zero-order valence-electron chi connectivity index (χ0n) is 14.6. The highest BCUT2D eigenvalue weighted by molar-refractivity contribution is 6.33. The lowest BCUT2D eigenvalue weighted by Crippen LogP contribution is -2.40. The Hall–Kier alpha value is -2.57. The molecule has 5 nitrogen and oxygen atoms in total. The Morgan fingerprint density at radius 1 is 1.04 bits per heavy atom. The first kappa shape index (κ1) is 17.8. The van der Waals surface area contributed by atoms with Gasteiger partial charge in [0.25, 0.3) is 0 Å². The number of hydrogen-bond acceptors (Lipinski definition) is 5. The van der Waals surface area contributed by atoms with E-state index < -0.39 is 0 Å². The van der Waals surface area contributed by atoms with Gasteiger partial charge in [0.2, 0.25) is 0 Å². The van der Waals surface area contributed by atoms with E-state index >= 15 is 0 Å². The fourth-order valence-corrected chi connectivity index (χ4v) is 3.44. The third kappa shape index (κ3) is 3.77. The summed E-state index contributed by atoms with van der Waals surface area (Å²) in [5.41, 5.74) is 8.84. The molecule has 3 aromatic rings. The van der Waals surface area contributed by atoms with Crippen LogP contribution < -0.4 is 10.6 Å². The summed E-state index contributed by atoms with van der Waals surface area (Å²) in [6, 6.07) is 8.26. The second-order valence-corrected chi connectivity index (χ2v) is 7.02. The van der Waals surface area contributed by atoms with Crippen LogP contribution in [0.2, 0.25) is 5.02 Å². The molecule has 0 spiro atoms. The summed E-state index contributed by atoms with van der Waals surface area (Å²) >= 11 is 6.38. The summed E-state index contributed by atoms with van der Waals surface area (Å²) in [6.07, 6.45) is 6.86. The molecule has 0 aliphatic carbocycles. The monoisotopic (exact) mass is 383 g/mol. The van der Waals surface area contributed by atoms with E-state index in [1.54, 1.807) is 30.7 Å². The lowest BCUT2D eigenvalue weighted by Gasteiger charge is -2.31. The highest BCUT2D eigenvalue weighted by atomic mass is 35.5. The molecular formula is C20H19ClFN5. The molecule has 1 aliphatic rings. The van der Waals surface area contributed by atoms with Crippen LogP contribution in [0.25, 0.3) is 22.5 Å². The highest BCUT2D eigenvalue weighted by Gasteiger charge is 2.21. The fraction of sp³-hybridized carbons (Fsp3) is 0.250. The van der Waals surface area contributed by atoms with Crippen LogP contribution >= 0.6 is 11.6 Å². The molecule has 0 saturated carbocycles. The molecule has 0 radical (unpaired) electrons. The topological polar surface area (TPSA) is 67.9 Å². The van der Waals surface area contributed by atoms with Crippen molar-refractivity contribution < 1.29 is 4.39 Å². The van der Waals surface area contributed by atoms with Gasteiger partial charge in [0.15, 0.2) is 0 Å². The minimum Gasteiger partial charge on any atom is -0.355 e. The van der Waals surface area contributed by atoms with E-state index in [2.05, 4.69) is 14.9 Å². The Labute approximate surface area is 162 Å². The molecule has 27 heavy (non-hydrogen) atoms. The number of benzene rings is 1. The first-order chi connectivity index (χ1) is 13.1. The van der Waals surface area contributed by atoms with E-state index in [4.69, 9.17) is 22.3 Å². The molecule has 2 aromatic heterocycles. The third-order valence-corrected chi connectivity index (χ3v) is 5.07. The van der Waals surface area contributed by atoms with Crippen molar-refractivity contribution in [1.82, 2.24) is 15.0 Å². The second kappa shape index (κ2) is 7.58. The maximum Gasteiger partial charge on any atom is 0.147 e. The highest BCUT2D eigenvalue weighted by Crippen LogP contribution is 2.34. The molecule has 1 saturated heterocycles. The normalized spacial score (nSPS) is 15.1. The zero-order chi connectivity index (χ0) is 18.8. The Balaban J connectivity index is 1.81. The Morgan fingerprint density at radius 2 is 1.78 bits per heavy atom. The van der Waals surface area contributed by atoms with Crippen molar-refractivity contribution in [2.24, 2.45) is 5.73 Å². The number of aromatic nitrogens is 3. The van der Waals surface area contributed by atoms with Gasteiger partial charge in [-0.3, -0.25) is 9.97 Å². The standard InChI is InChI=1S/C20H19ClFN5/c21-17-11-24-8-5-16(17)20-19(13-1-3-14(22)4-2-13)25-12-18(26-20)27-9-6-15(23)7-10-27/h1-5,8,11-12,15H,6-7,9-10,23H2. The first-order valence-electron chi connectivity index (χ1n) is 8.85. The van der Waals surface area contributed by atoms with E-state index in [1.807, 2.05) is 6.07 Å². The van der Waals surface area contributed by atoms with Crippen molar-refractivity contribution in [1.29, 1.82) is 0 Å². The van der Waals surface area contributed by atoms with E-state index in [0.717, 1.165) is 42.9 Å². The van der Waals surface area contributed by atoms with E-state index in [1.165, 1.54) is 12.1 Å². The second-order valence-electron chi connectivity index (χ2n) is 6.61. The van der Waals surface area contributed by atoms with E-state index in [9.17, 15) is 4.39 Å². The van der Waals surface area contributed by atoms with Crippen LogP contribution in [0.15, 0.2) is 48.9 Å². The number of anilines is 1. The SMILES string of the molecule is NC1CCN(c2cnc(-c3ccc(F)cc3)c(-c3ccncc3Cl)n2)CC1. The smallest absolute Gasteiger partial charge is 0.147 e. The molecule has 0 bridgehead atoms. The van der Waals surface area contributed by atoms with Crippen molar-refractivity contribution >= 4 is 17.4 Å². The third-order valence-electron chi connectivity index (χ3n) is 4.77. The Kier molecular flexibility index (Phi) is 5.01. The quantitative estimate of drug-likeness (QED) is 0.742. The number of nitrogens with two attached hydrogens (primary N) is 1. The van der Waals surface area contributed by atoms with Gasteiger partial charge in [-0.25, -0.2) is 9.37 Å². The minimum absolute atomic E-state index is 0.238. The summed E-state index contributed by atoms with van der Waals surface area (Å²) in [6.45, 7) is 1.69. The maximum absolute atomic E-state index is 13.3. The summed E-state index contributed by atoms with van der Waals surface area (Å²) < 4.78 is 13.3. The predicted octanol–water partition coefficient (Wildman–Crippen LogP) is 3.93. The lowest BCUT2D eigenvalue weighted by atomic mass is 10.0. The average molecular weight is 384 g/mol. The fourth-order valence-electron chi connectivity index (χ4n) is 3.23. The van der Waals surface area contributed by atoms with Crippen molar-refractivity contribution in [2.75, 3.05) is 18.0 Å². The summed E-state index contributed by atoms with van der Waals surface area (Å²) in [7, 11) is 0. The number of nitrogens with zero attached hydrogens (tertiary/aromatic N) is 4. The molecule has 3 heterocycles. The van der Waals surface area contributed by atoms with Gasteiger partial charge in [-0.05, 0) is 43.2 Å². The number of piperidine rings is 1. The van der Waals surface area contributed by atoms with Crippen molar-refractivity contribution in [3.8, 4) is 22.5 Å². The molecule has 4 rings (SSSR count). The van der Waals surface area contributed by atoms with E-state index in [0.29, 0.717) is 16.4 Å². The van der Waals surface area contributed by atoms with Crippen LogP contribution in [0, 0.1) is 5.82 Å². The molecular weight excluding hydrogens is 365 g/mol. The summed E-state index contributed by atoms with van der Waals surface area (Å²) in [4.78, 5) is 15.8. The van der Waals surface area contributed by atoms with Gasteiger partial charge < -0.3 is 10.6 Å². The molecule has 0 atom stereocenters. The predicted molar refractivity (Wildman–Crippen MR) is 105 cm³/mol. The zero-order valence-corrected chi connectivity index (χ0v) is 15.4. The average Bonchev–Trinajstić information content (AvgIpc) is 2.69. The van der Waals surface area contributed by atoms with Gasteiger partial charge in [0.05, 0.1) is 16.9 Å².